The van der Waals surface area contributed by atoms with E-state index in [1.54, 1.807) is 0 Å². The Bertz CT molecular complexity index is 508. The van der Waals surface area contributed by atoms with Crippen LogP contribution in [0.5, 0.6) is 0 Å². The van der Waals surface area contributed by atoms with E-state index in [9.17, 15) is 0 Å². The predicted octanol–water partition coefficient (Wildman–Crippen LogP) is 4.65. The first-order chi connectivity index (χ1) is 8.43. The molecule has 0 saturated heterocycles. The maximum absolute atomic E-state index is 2.40. The van der Waals surface area contributed by atoms with E-state index in [-0.39, 0.29) is 0 Å². The molecule has 0 amide bonds. The maximum Gasteiger partial charge on any atom is -0.00866 e. The molecule has 84 valence electrons. The lowest BCUT2D eigenvalue weighted by Gasteiger charge is -2.10. The van der Waals surface area contributed by atoms with E-state index in [2.05, 4.69) is 66.7 Å². The summed E-state index contributed by atoms with van der Waals surface area (Å²) in [7, 11) is 0. The van der Waals surface area contributed by atoms with Crippen molar-refractivity contribution in [2.24, 2.45) is 0 Å². The van der Waals surface area contributed by atoms with E-state index in [4.69, 9.17) is 0 Å². The van der Waals surface area contributed by atoms with Crippen LogP contribution in [0.25, 0.3) is 5.57 Å². The van der Waals surface area contributed by atoms with Crippen LogP contribution in [0.2, 0.25) is 0 Å². The highest BCUT2D eigenvalue weighted by atomic mass is 14.2. The second-order valence-corrected chi connectivity index (χ2v) is 4.64. The minimum absolute atomic E-state index is 0.673. The van der Waals surface area contributed by atoms with Crippen LogP contribution in [0.1, 0.15) is 29.9 Å². The average molecular weight is 220 g/mol. The Morgan fingerprint density at radius 1 is 0.765 bits per heavy atom. The molecule has 0 heteroatoms. The Labute approximate surface area is 103 Å². The van der Waals surface area contributed by atoms with Crippen LogP contribution in [-0.2, 0) is 0 Å². The molecule has 1 aliphatic carbocycles. The van der Waals surface area contributed by atoms with Gasteiger partial charge in [-0.1, -0.05) is 66.7 Å². The second-order valence-electron chi connectivity index (χ2n) is 4.64. The summed E-state index contributed by atoms with van der Waals surface area (Å²) in [6, 6.07) is 21.6. The van der Waals surface area contributed by atoms with Crippen molar-refractivity contribution in [1.29, 1.82) is 0 Å². The van der Waals surface area contributed by atoms with Crippen LogP contribution in [0.3, 0.4) is 0 Å². The molecular weight excluding hydrogens is 204 g/mol. The van der Waals surface area contributed by atoms with Crippen LogP contribution < -0.4 is 0 Å². The van der Waals surface area contributed by atoms with Crippen molar-refractivity contribution in [2.45, 2.75) is 18.8 Å². The van der Waals surface area contributed by atoms with Crippen molar-refractivity contribution in [3.8, 4) is 0 Å². The van der Waals surface area contributed by atoms with Gasteiger partial charge in [0.1, 0.15) is 0 Å². The van der Waals surface area contributed by atoms with Gasteiger partial charge in [0.15, 0.2) is 0 Å². The monoisotopic (exact) mass is 220 g/mol. The Balaban J connectivity index is 1.78. The maximum atomic E-state index is 2.40. The van der Waals surface area contributed by atoms with Gasteiger partial charge >= 0.3 is 0 Å². The SMILES string of the molecule is C1=C(c2ccccc2)CC(c2ccccc2)C1. The molecule has 0 N–H and O–H groups in total. The molecule has 1 aliphatic rings. The van der Waals surface area contributed by atoms with Crippen molar-refractivity contribution < 1.29 is 0 Å². The number of benzene rings is 2. The second kappa shape index (κ2) is 4.58. The first-order valence-electron chi connectivity index (χ1n) is 6.23. The molecule has 0 heterocycles. The standard InChI is InChI=1S/C17H16/c1-3-7-14(8-4-1)16-11-12-17(13-16)15-9-5-2-6-10-15/h1-11,17H,12-13H2. The number of hydrogen-bond acceptors (Lipinski definition) is 0. The van der Waals surface area contributed by atoms with Crippen LogP contribution in [0.15, 0.2) is 66.7 Å². The zero-order valence-corrected chi connectivity index (χ0v) is 9.84. The molecule has 0 aliphatic heterocycles. The minimum Gasteiger partial charge on any atom is -0.0801 e. The van der Waals surface area contributed by atoms with Crippen molar-refractivity contribution in [3.63, 3.8) is 0 Å². The molecule has 1 unspecified atom stereocenters. The number of allylic oxidation sites excluding steroid dienone is 2. The first-order valence-corrected chi connectivity index (χ1v) is 6.23. The molecule has 3 rings (SSSR count). The van der Waals surface area contributed by atoms with Crippen molar-refractivity contribution in [2.75, 3.05) is 0 Å². The Morgan fingerprint density at radius 3 is 2.12 bits per heavy atom. The Hall–Kier alpha value is -1.82. The van der Waals surface area contributed by atoms with Gasteiger partial charge in [-0.15, -0.1) is 0 Å². The van der Waals surface area contributed by atoms with E-state index in [0.717, 1.165) is 0 Å². The smallest absolute Gasteiger partial charge is 0.00866 e. The van der Waals surface area contributed by atoms with E-state index in [0.29, 0.717) is 5.92 Å². The normalized spacial score (nSPS) is 19.1. The molecule has 0 bridgehead atoms. The third kappa shape index (κ3) is 2.16. The number of rotatable bonds is 2. The summed E-state index contributed by atoms with van der Waals surface area (Å²) in [5.74, 6) is 0.673. The van der Waals surface area contributed by atoms with E-state index < -0.39 is 0 Å². The van der Waals surface area contributed by atoms with Gasteiger partial charge in [-0.25, -0.2) is 0 Å². The summed E-state index contributed by atoms with van der Waals surface area (Å²) in [6.45, 7) is 0. The van der Waals surface area contributed by atoms with Gasteiger partial charge in [-0.05, 0) is 35.5 Å². The fraction of sp³-hybridized carbons (Fsp3) is 0.176. The molecule has 2 aromatic rings. The molecule has 2 aromatic carbocycles. The van der Waals surface area contributed by atoms with Crippen molar-refractivity contribution in [3.05, 3.63) is 77.9 Å². The summed E-state index contributed by atoms with van der Waals surface area (Å²) < 4.78 is 0. The van der Waals surface area contributed by atoms with Gasteiger partial charge in [0.25, 0.3) is 0 Å². The number of hydrogen-bond donors (Lipinski definition) is 0. The third-order valence-corrected chi connectivity index (χ3v) is 3.53. The molecule has 0 aromatic heterocycles. The molecule has 0 radical (unpaired) electrons. The predicted molar refractivity (Wildman–Crippen MR) is 72.8 cm³/mol. The fourth-order valence-electron chi connectivity index (χ4n) is 2.58. The highest BCUT2D eigenvalue weighted by Gasteiger charge is 2.19. The van der Waals surface area contributed by atoms with Gasteiger partial charge in [-0.2, -0.15) is 0 Å². The van der Waals surface area contributed by atoms with Gasteiger partial charge in [0.05, 0.1) is 0 Å². The average Bonchev–Trinajstić information content (AvgIpc) is 2.90. The van der Waals surface area contributed by atoms with E-state index in [1.165, 1.54) is 29.5 Å². The molecule has 0 fully saturated rings. The molecular formula is C17H16. The highest BCUT2D eigenvalue weighted by molar-refractivity contribution is 5.68. The summed E-state index contributed by atoms with van der Waals surface area (Å²) in [5.41, 5.74) is 4.35. The summed E-state index contributed by atoms with van der Waals surface area (Å²) >= 11 is 0. The Kier molecular flexibility index (Phi) is 2.79. The van der Waals surface area contributed by atoms with Crippen LogP contribution in [0.4, 0.5) is 0 Å². The largest absolute Gasteiger partial charge is 0.0801 e. The van der Waals surface area contributed by atoms with Gasteiger partial charge < -0.3 is 0 Å². The van der Waals surface area contributed by atoms with Crippen LogP contribution in [-0.4, -0.2) is 0 Å². The molecule has 1 atom stereocenters. The Morgan fingerprint density at radius 2 is 1.41 bits per heavy atom. The zero-order valence-electron chi connectivity index (χ0n) is 9.84. The van der Waals surface area contributed by atoms with E-state index in [1.807, 2.05) is 0 Å². The molecule has 0 saturated carbocycles. The van der Waals surface area contributed by atoms with Crippen LogP contribution in [0, 0.1) is 0 Å². The summed E-state index contributed by atoms with van der Waals surface area (Å²) in [5, 5.41) is 0. The third-order valence-electron chi connectivity index (χ3n) is 3.53. The first kappa shape index (κ1) is 10.3. The summed E-state index contributed by atoms with van der Waals surface area (Å²) in [4.78, 5) is 0. The molecule has 0 nitrogen and oxygen atoms in total. The van der Waals surface area contributed by atoms with Crippen molar-refractivity contribution >= 4 is 5.57 Å². The van der Waals surface area contributed by atoms with Crippen molar-refractivity contribution in [1.82, 2.24) is 0 Å². The van der Waals surface area contributed by atoms with Gasteiger partial charge in [-0.3, -0.25) is 0 Å². The van der Waals surface area contributed by atoms with Gasteiger partial charge in [0, 0.05) is 0 Å². The quantitative estimate of drug-likeness (QED) is 0.691. The molecule has 0 spiro atoms. The zero-order chi connectivity index (χ0) is 11.5. The fourth-order valence-corrected chi connectivity index (χ4v) is 2.58. The lowest BCUT2D eigenvalue weighted by Crippen LogP contribution is -1.92. The topological polar surface area (TPSA) is 0 Å². The molecule has 17 heavy (non-hydrogen) atoms. The highest BCUT2D eigenvalue weighted by Crippen LogP contribution is 2.38. The summed E-state index contributed by atoms with van der Waals surface area (Å²) in [6.07, 6.45) is 4.75. The van der Waals surface area contributed by atoms with E-state index >= 15 is 0 Å². The lowest BCUT2D eigenvalue weighted by molar-refractivity contribution is 0.759. The van der Waals surface area contributed by atoms with Crippen LogP contribution >= 0.6 is 0 Å². The van der Waals surface area contributed by atoms with Gasteiger partial charge in [0.2, 0.25) is 0 Å². The minimum atomic E-state index is 0.673. The lowest BCUT2D eigenvalue weighted by atomic mass is 9.94.